The van der Waals surface area contributed by atoms with Crippen molar-refractivity contribution in [1.82, 2.24) is 5.32 Å². The first-order valence-electron chi connectivity index (χ1n) is 7.43. The lowest BCUT2D eigenvalue weighted by molar-refractivity contribution is 0.498. The van der Waals surface area contributed by atoms with Gasteiger partial charge in [0, 0.05) is 9.61 Å². The third-order valence-electron chi connectivity index (χ3n) is 3.60. The minimum absolute atomic E-state index is 0.383. The number of nitrogens with one attached hydrogen (secondary N) is 1. The van der Waals surface area contributed by atoms with Crippen molar-refractivity contribution in [1.29, 1.82) is 0 Å². The zero-order valence-electron chi connectivity index (χ0n) is 12.3. The van der Waals surface area contributed by atoms with Crippen LogP contribution in [0.2, 0.25) is 5.02 Å². The molecule has 0 spiro atoms. The molecule has 0 heterocycles. The molecule has 0 aliphatic heterocycles. The number of aryl methyl sites for hydroxylation is 1. The van der Waals surface area contributed by atoms with Crippen LogP contribution in [0.15, 0.2) is 48.5 Å². The molecule has 1 unspecified atom stereocenters. The second-order valence-electron chi connectivity index (χ2n) is 5.16. The van der Waals surface area contributed by atoms with E-state index < -0.39 is 0 Å². The van der Waals surface area contributed by atoms with Gasteiger partial charge in [-0.2, -0.15) is 0 Å². The van der Waals surface area contributed by atoms with Crippen molar-refractivity contribution in [2.45, 2.75) is 32.2 Å². The summed E-state index contributed by atoms with van der Waals surface area (Å²) >= 11 is 8.52. The lowest BCUT2D eigenvalue weighted by Gasteiger charge is -2.19. The molecule has 0 saturated carbocycles. The number of halogens is 2. The molecule has 0 radical (unpaired) electrons. The lowest BCUT2D eigenvalue weighted by atomic mass is 9.99. The van der Waals surface area contributed by atoms with Gasteiger partial charge in [-0.15, -0.1) is 0 Å². The molecule has 112 valence electrons. The average Bonchev–Trinajstić information content (AvgIpc) is 2.50. The van der Waals surface area contributed by atoms with Gasteiger partial charge in [-0.05, 0) is 71.7 Å². The van der Waals surface area contributed by atoms with Gasteiger partial charge in [0.2, 0.25) is 0 Å². The van der Waals surface area contributed by atoms with Crippen molar-refractivity contribution in [2.75, 3.05) is 6.54 Å². The van der Waals surface area contributed by atoms with Crippen molar-refractivity contribution in [3.8, 4) is 0 Å². The third-order valence-corrected chi connectivity index (χ3v) is 5.17. The van der Waals surface area contributed by atoms with E-state index in [4.69, 9.17) is 11.6 Å². The molecule has 0 aliphatic carbocycles. The molecule has 0 aromatic heterocycles. The van der Waals surface area contributed by atoms with E-state index in [9.17, 15) is 0 Å². The number of rotatable bonds is 7. The summed E-state index contributed by atoms with van der Waals surface area (Å²) in [7, 11) is 0. The standard InChI is InChI=1S/C18H21ClIN/c1-2-21-18(15-11-12-17(20)16(19)13-15)10-6-9-14-7-4-3-5-8-14/h3-5,7-8,11-13,18,21H,2,6,9-10H2,1H3. The Balaban J connectivity index is 1.97. The molecule has 2 aromatic rings. The Morgan fingerprint density at radius 3 is 2.57 bits per heavy atom. The lowest BCUT2D eigenvalue weighted by Crippen LogP contribution is -2.21. The predicted octanol–water partition coefficient (Wildman–Crippen LogP) is 5.62. The van der Waals surface area contributed by atoms with E-state index in [1.807, 2.05) is 0 Å². The highest BCUT2D eigenvalue weighted by atomic mass is 127. The van der Waals surface area contributed by atoms with Crippen LogP contribution >= 0.6 is 34.2 Å². The van der Waals surface area contributed by atoms with Crippen molar-refractivity contribution < 1.29 is 0 Å². The average molecular weight is 414 g/mol. The maximum Gasteiger partial charge on any atom is 0.0542 e. The summed E-state index contributed by atoms with van der Waals surface area (Å²) in [5, 5.41) is 4.42. The molecular weight excluding hydrogens is 393 g/mol. The van der Waals surface area contributed by atoms with Gasteiger partial charge in [-0.3, -0.25) is 0 Å². The molecule has 0 aliphatic rings. The minimum Gasteiger partial charge on any atom is -0.310 e. The first-order chi connectivity index (χ1) is 10.2. The number of hydrogen-bond acceptors (Lipinski definition) is 1. The monoisotopic (exact) mass is 413 g/mol. The molecule has 0 amide bonds. The van der Waals surface area contributed by atoms with E-state index in [0.717, 1.165) is 28.0 Å². The Hall–Kier alpha value is -0.580. The van der Waals surface area contributed by atoms with Crippen LogP contribution in [0.25, 0.3) is 0 Å². The smallest absolute Gasteiger partial charge is 0.0542 e. The predicted molar refractivity (Wildman–Crippen MR) is 100.0 cm³/mol. The molecule has 0 bridgehead atoms. The zero-order chi connectivity index (χ0) is 15.1. The Kier molecular flexibility index (Phi) is 7.00. The van der Waals surface area contributed by atoms with Gasteiger partial charge in [-0.25, -0.2) is 0 Å². The highest BCUT2D eigenvalue weighted by Crippen LogP contribution is 2.26. The maximum absolute atomic E-state index is 6.25. The van der Waals surface area contributed by atoms with Crippen LogP contribution < -0.4 is 5.32 Å². The fraction of sp³-hybridized carbons (Fsp3) is 0.333. The van der Waals surface area contributed by atoms with Crippen molar-refractivity contribution in [3.63, 3.8) is 0 Å². The van der Waals surface area contributed by atoms with E-state index in [2.05, 4.69) is 83.4 Å². The molecular formula is C18H21ClIN. The van der Waals surface area contributed by atoms with Crippen molar-refractivity contribution >= 4 is 34.2 Å². The van der Waals surface area contributed by atoms with Gasteiger partial charge in [0.05, 0.1) is 5.02 Å². The van der Waals surface area contributed by atoms with Gasteiger partial charge in [0.1, 0.15) is 0 Å². The van der Waals surface area contributed by atoms with Crippen LogP contribution in [0.4, 0.5) is 0 Å². The van der Waals surface area contributed by atoms with Gasteiger partial charge < -0.3 is 5.32 Å². The Morgan fingerprint density at radius 1 is 1.14 bits per heavy atom. The topological polar surface area (TPSA) is 12.0 Å². The van der Waals surface area contributed by atoms with E-state index in [0.29, 0.717) is 6.04 Å². The van der Waals surface area contributed by atoms with Crippen LogP contribution in [0, 0.1) is 3.57 Å². The van der Waals surface area contributed by atoms with Crippen LogP contribution in [-0.4, -0.2) is 6.54 Å². The molecule has 21 heavy (non-hydrogen) atoms. The first kappa shape index (κ1) is 16.8. The second kappa shape index (κ2) is 8.76. The summed E-state index contributed by atoms with van der Waals surface area (Å²) in [6.45, 7) is 3.12. The summed E-state index contributed by atoms with van der Waals surface area (Å²) in [6, 6.07) is 17.4. The van der Waals surface area contributed by atoms with Gasteiger partial charge >= 0.3 is 0 Å². The fourth-order valence-corrected chi connectivity index (χ4v) is 3.04. The summed E-state index contributed by atoms with van der Waals surface area (Å²) in [5.74, 6) is 0. The van der Waals surface area contributed by atoms with Crippen LogP contribution in [-0.2, 0) is 6.42 Å². The molecule has 2 aromatic carbocycles. The second-order valence-corrected chi connectivity index (χ2v) is 6.73. The quantitative estimate of drug-likeness (QED) is 0.581. The summed E-state index contributed by atoms with van der Waals surface area (Å²) < 4.78 is 1.11. The largest absolute Gasteiger partial charge is 0.310 e. The zero-order valence-corrected chi connectivity index (χ0v) is 15.2. The molecule has 1 atom stereocenters. The third kappa shape index (κ3) is 5.28. The first-order valence-corrected chi connectivity index (χ1v) is 8.88. The highest BCUT2D eigenvalue weighted by molar-refractivity contribution is 14.1. The Labute approximate surface area is 146 Å². The van der Waals surface area contributed by atoms with Gasteiger partial charge in [-0.1, -0.05) is 54.9 Å². The molecule has 2 rings (SSSR count). The number of benzene rings is 2. The Morgan fingerprint density at radius 2 is 1.90 bits per heavy atom. The summed E-state index contributed by atoms with van der Waals surface area (Å²) in [5.41, 5.74) is 2.70. The molecule has 1 N–H and O–H groups in total. The normalized spacial score (nSPS) is 12.3. The van der Waals surface area contributed by atoms with Gasteiger partial charge in [0.25, 0.3) is 0 Å². The molecule has 1 nitrogen and oxygen atoms in total. The fourth-order valence-electron chi connectivity index (χ4n) is 2.52. The van der Waals surface area contributed by atoms with Gasteiger partial charge in [0.15, 0.2) is 0 Å². The van der Waals surface area contributed by atoms with E-state index in [1.165, 1.54) is 17.5 Å². The molecule has 3 heteroatoms. The van der Waals surface area contributed by atoms with Crippen LogP contribution in [0.3, 0.4) is 0 Å². The van der Waals surface area contributed by atoms with Crippen molar-refractivity contribution in [2.24, 2.45) is 0 Å². The van der Waals surface area contributed by atoms with E-state index in [-0.39, 0.29) is 0 Å². The van der Waals surface area contributed by atoms with Crippen molar-refractivity contribution in [3.05, 3.63) is 68.3 Å². The SMILES string of the molecule is CCNC(CCCc1ccccc1)c1ccc(I)c(Cl)c1. The molecule has 0 fully saturated rings. The summed E-state index contributed by atoms with van der Waals surface area (Å²) in [6.07, 6.45) is 3.42. The van der Waals surface area contributed by atoms with Crippen LogP contribution in [0.5, 0.6) is 0 Å². The van der Waals surface area contributed by atoms with E-state index in [1.54, 1.807) is 0 Å². The number of hydrogen-bond donors (Lipinski definition) is 1. The Bertz CT molecular complexity index is 556. The maximum atomic E-state index is 6.25. The van der Waals surface area contributed by atoms with E-state index >= 15 is 0 Å². The minimum atomic E-state index is 0.383. The highest BCUT2D eigenvalue weighted by Gasteiger charge is 2.11. The summed E-state index contributed by atoms with van der Waals surface area (Å²) in [4.78, 5) is 0. The molecule has 0 saturated heterocycles. The van der Waals surface area contributed by atoms with Crippen LogP contribution in [0.1, 0.15) is 36.9 Å².